The van der Waals surface area contributed by atoms with Crippen LogP contribution in [-0.2, 0) is 4.79 Å². The van der Waals surface area contributed by atoms with Crippen LogP contribution in [0.5, 0.6) is 0 Å². The standard InChI is InChI=1S/C8H7NO2/c10-6-8(7-11)9-4-2-1-3-5-9/h1-7H. The molecular formula is C8H7NO2. The Hall–Kier alpha value is -1.64. The van der Waals surface area contributed by atoms with E-state index in [1.54, 1.807) is 24.5 Å². The minimum atomic E-state index is 0.102. The van der Waals surface area contributed by atoms with Gasteiger partial charge < -0.3 is 5.11 Å². The zero-order valence-corrected chi connectivity index (χ0v) is 5.81. The summed E-state index contributed by atoms with van der Waals surface area (Å²) < 4.78 is 1.46. The molecule has 0 aromatic carbocycles. The summed E-state index contributed by atoms with van der Waals surface area (Å²) >= 11 is 0. The Kier molecular flexibility index (Phi) is 2.38. The van der Waals surface area contributed by atoms with Gasteiger partial charge in [-0.05, 0) is 0 Å². The first-order valence-corrected chi connectivity index (χ1v) is 3.12. The van der Waals surface area contributed by atoms with Crippen LogP contribution in [-0.4, -0.2) is 6.29 Å². The third kappa shape index (κ3) is 1.64. The highest BCUT2D eigenvalue weighted by atomic mass is 16.2. The number of carbonyl (C=O) groups excluding carboxylic acids is 1. The lowest BCUT2D eigenvalue weighted by atomic mass is 10.4. The molecule has 0 radical (unpaired) electrons. The normalized spacial score (nSPS) is 11.1. The summed E-state index contributed by atoms with van der Waals surface area (Å²) in [7, 11) is 0. The first-order chi connectivity index (χ1) is 5.38. The van der Waals surface area contributed by atoms with Crippen molar-refractivity contribution in [3.8, 4) is 0 Å². The quantitative estimate of drug-likeness (QED) is 0.242. The van der Waals surface area contributed by atoms with Crippen LogP contribution >= 0.6 is 0 Å². The predicted octanol–water partition coefficient (Wildman–Crippen LogP) is -0.668. The molecule has 1 rings (SSSR count). The molecule has 0 saturated heterocycles. The number of allylic oxidation sites excluding steroid dienone is 1. The zero-order valence-electron chi connectivity index (χ0n) is 5.81. The van der Waals surface area contributed by atoms with Crippen LogP contribution in [0.15, 0.2) is 36.9 Å². The monoisotopic (exact) mass is 149 g/mol. The molecule has 1 aromatic heterocycles. The van der Waals surface area contributed by atoms with Gasteiger partial charge in [-0.1, -0.05) is 12.3 Å². The van der Waals surface area contributed by atoms with Crippen LogP contribution < -0.4 is 9.67 Å². The van der Waals surface area contributed by atoms with Crippen LogP contribution in [0.4, 0.5) is 0 Å². The maximum atomic E-state index is 10.2. The molecule has 0 bridgehead atoms. The van der Waals surface area contributed by atoms with Gasteiger partial charge >= 0.3 is 0 Å². The Labute approximate surface area is 64.2 Å². The summed E-state index contributed by atoms with van der Waals surface area (Å²) in [6, 6.07) is 5.30. The van der Waals surface area contributed by atoms with E-state index < -0.39 is 0 Å². The third-order valence-corrected chi connectivity index (χ3v) is 1.26. The lowest BCUT2D eigenvalue weighted by Crippen LogP contribution is -2.32. The number of hydrogen-bond acceptors (Lipinski definition) is 2. The summed E-state index contributed by atoms with van der Waals surface area (Å²) in [4.78, 5) is 10.2. The van der Waals surface area contributed by atoms with Gasteiger partial charge in [-0.3, -0.25) is 4.79 Å². The van der Waals surface area contributed by atoms with Crippen LogP contribution in [0, 0.1) is 0 Å². The fourth-order valence-electron chi connectivity index (χ4n) is 0.720. The molecule has 0 saturated carbocycles. The molecule has 1 aromatic rings. The molecule has 11 heavy (non-hydrogen) atoms. The minimum Gasteiger partial charge on any atom is -0.873 e. The Balaban J connectivity index is 3.01. The van der Waals surface area contributed by atoms with Crippen LogP contribution in [0.3, 0.4) is 0 Å². The summed E-state index contributed by atoms with van der Waals surface area (Å²) in [6.07, 6.45) is 4.32. The fourth-order valence-corrected chi connectivity index (χ4v) is 0.720. The first kappa shape index (κ1) is 7.47. The lowest BCUT2D eigenvalue weighted by molar-refractivity contribution is -0.580. The maximum Gasteiger partial charge on any atom is 0.235 e. The highest BCUT2D eigenvalue weighted by Crippen LogP contribution is 1.84. The van der Waals surface area contributed by atoms with E-state index in [0.717, 1.165) is 0 Å². The van der Waals surface area contributed by atoms with Gasteiger partial charge in [-0.2, -0.15) is 4.57 Å². The molecule has 0 amide bonds. The smallest absolute Gasteiger partial charge is 0.235 e. The minimum absolute atomic E-state index is 0.102. The molecule has 0 aliphatic carbocycles. The van der Waals surface area contributed by atoms with Gasteiger partial charge in [0.1, 0.15) is 0 Å². The van der Waals surface area contributed by atoms with Crippen LogP contribution in [0.2, 0.25) is 0 Å². The van der Waals surface area contributed by atoms with Crippen LogP contribution in [0.1, 0.15) is 0 Å². The molecule has 0 N–H and O–H groups in total. The van der Waals surface area contributed by atoms with Crippen molar-refractivity contribution in [1.82, 2.24) is 0 Å². The van der Waals surface area contributed by atoms with E-state index in [9.17, 15) is 9.90 Å². The summed E-state index contributed by atoms with van der Waals surface area (Å²) in [5.74, 6) is 0. The SMILES string of the molecule is O=C/C(=C\[O-])[n+]1ccccc1. The Morgan fingerprint density at radius 2 is 1.91 bits per heavy atom. The van der Waals surface area contributed by atoms with Crippen molar-refractivity contribution < 1.29 is 14.5 Å². The molecule has 0 fully saturated rings. The third-order valence-electron chi connectivity index (χ3n) is 1.26. The van der Waals surface area contributed by atoms with Gasteiger partial charge in [0.2, 0.25) is 12.0 Å². The van der Waals surface area contributed by atoms with Gasteiger partial charge in [0, 0.05) is 12.1 Å². The molecule has 0 aliphatic heterocycles. The Morgan fingerprint density at radius 1 is 1.27 bits per heavy atom. The largest absolute Gasteiger partial charge is 0.873 e. The van der Waals surface area contributed by atoms with Gasteiger partial charge in [-0.25, -0.2) is 0 Å². The van der Waals surface area contributed by atoms with Gasteiger partial charge in [0.05, 0.1) is 0 Å². The number of rotatable bonds is 2. The van der Waals surface area contributed by atoms with Crippen molar-refractivity contribution in [2.45, 2.75) is 0 Å². The molecule has 0 aliphatic rings. The van der Waals surface area contributed by atoms with Crippen molar-refractivity contribution in [2.24, 2.45) is 0 Å². The average Bonchev–Trinajstić information content (AvgIpc) is 2.09. The van der Waals surface area contributed by atoms with Crippen molar-refractivity contribution in [3.05, 3.63) is 36.9 Å². The van der Waals surface area contributed by atoms with Gasteiger partial charge in [-0.15, -0.1) is 0 Å². The zero-order chi connectivity index (χ0) is 8.10. The molecule has 0 atom stereocenters. The molecule has 3 heteroatoms. The molecule has 0 spiro atoms. The topological polar surface area (TPSA) is 44.0 Å². The van der Waals surface area contributed by atoms with E-state index in [-0.39, 0.29) is 5.70 Å². The number of carbonyl (C=O) groups is 1. The number of pyridine rings is 1. The highest BCUT2D eigenvalue weighted by molar-refractivity contribution is 5.92. The fraction of sp³-hybridized carbons (Fsp3) is 0. The predicted molar refractivity (Wildman–Crippen MR) is 37.0 cm³/mol. The van der Waals surface area contributed by atoms with Crippen molar-refractivity contribution in [3.63, 3.8) is 0 Å². The van der Waals surface area contributed by atoms with E-state index in [4.69, 9.17) is 0 Å². The van der Waals surface area contributed by atoms with Crippen LogP contribution in [0.25, 0.3) is 5.70 Å². The average molecular weight is 149 g/mol. The number of nitrogens with zero attached hydrogens (tertiary/aromatic N) is 1. The van der Waals surface area contributed by atoms with E-state index in [1.165, 1.54) is 4.57 Å². The molecule has 3 nitrogen and oxygen atoms in total. The number of aldehydes is 1. The summed E-state index contributed by atoms with van der Waals surface area (Å²) in [5, 5.41) is 10.2. The first-order valence-electron chi connectivity index (χ1n) is 3.12. The summed E-state index contributed by atoms with van der Waals surface area (Å²) in [5.41, 5.74) is 0.102. The second kappa shape index (κ2) is 3.51. The van der Waals surface area contributed by atoms with E-state index >= 15 is 0 Å². The van der Waals surface area contributed by atoms with E-state index in [0.29, 0.717) is 12.5 Å². The lowest BCUT2D eigenvalue weighted by Gasteiger charge is -1.93. The van der Waals surface area contributed by atoms with E-state index in [2.05, 4.69) is 0 Å². The van der Waals surface area contributed by atoms with Gasteiger partial charge in [0.15, 0.2) is 12.4 Å². The Bertz CT molecular complexity index is 267. The van der Waals surface area contributed by atoms with Gasteiger partial charge in [0.25, 0.3) is 0 Å². The molecule has 56 valence electrons. The number of aromatic nitrogens is 1. The maximum absolute atomic E-state index is 10.2. The summed E-state index contributed by atoms with van der Waals surface area (Å²) in [6.45, 7) is 0. The van der Waals surface area contributed by atoms with E-state index in [1.807, 2.05) is 6.07 Å². The van der Waals surface area contributed by atoms with Crippen molar-refractivity contribution in [2.75, 3.05) is 0 Å². The van der Waals surface area contributed by atoms with Crippen molar-refractivity contribution in [1.29, 1.82) is 0 Å². The second-order valence-corrected chi connectivity index (χ2v) is 1.94. The molecule has 1 heterocycles. The second-order valence-electron chi connectivity index (χ2n) is 1.94. The highest BCUT2D eigenvalue weighted by Gasteiger charge is 2.01. The van der Waals surface area contributed by atoms with Crippen molar-refractivity contribution >= 4 is 12.0 Å². The molecule has 0 unspecified atom stereocenters. The molecular weight excluding hydrogens is 142 g/mol. The Morgan fingerprint density at radius 3 is 2.36 bits per heavy atom. The number of hydrogen-bond donors (Lipinski definition) is 0.